The summed E-state index contributed by atoms with van der Waals surface area (Å²) in [7, 11) is 1.25. The van der Waals surface area contributed by atoms with E-state index in [1.807, 2.05) is 0 Å². The molecule has 15 heavy (non-hydrogen) atoms. The van der Waals surface area contributed by atoms with Crippen LogP contribution in [0.2, 0.25) is 0 Å². The number of rotatable bonds is 1. The highest BCUT2D eigenvalue weighted by Crippen LogP contribution is 2.29. The molecule has 0 fully saturated rings. The molecule has 0 aromatic carbocycles. The van der Waals surface area contributed by atoms with E-state index >= 15 is 0 Å². The average Bonchev–Trinajstić information content (AvgIpc) is 2.27. The lowest BCUT2D eigenvalue weighted by atomic mass is 10.1. The lowest BCUT2D eigenvalue weighted by Gasteiger charge is -2.17. The number of nitrogens with zero attached hydrogens (tertiary/aromatic N) is 1. The van der Waals surface area contributed by atoms with E-state index in [-0.39, 0.29) is 11.4 Å². The maximum atomic E-state index is 11.2. The van der Waals surface area contributed by atoms with Crippen LogP contribution in [0, 0.1) is 0 Å². The largest absolute Gasteiger partial charge is 0.505 e. The Morgan fingerprint density at radius 2 is 2.47 bits per heavy atom. The zero-order valence-corrected chi connectivity index (χ0v) is 8.32. The molecule has 0 spiro atoms. The Labute approximate surface area is 86.7 Å². The number of methoxy groups -OCH3 is 1. The molecule has 5 heteroatoms. The number of aryl methyl sites for hydroxylation is 1. The molecule has 2 heterocycles. The minimum absolute atomic E-state index is 0.0539. The van der Waals surface area contributed by atoms with Crippen LogP contribution in [0.4, 0.5) is 0 Å². The summed E-state index contributed by atoms with van der Waals surface area (Å²) in [4.78, 5) is 15.3. The van der Waals surface area contributed by atoms with E-state index in [0.717, 1.165) is 12.8 Å². The van der Waals surface area contributed by atoms with E-state index in [4.69, 9.17) is 4.74 Å². The number of ether oxygens (including phenoxy) is 2. The Bertz CT molecular complexity index is 403. The molecular formula is C10H11NO4. The Kier molecular flexibility index (Phi) is 2.45. The quantitative estimate of drug-likeness (QED) is 0.696. The van der Waals surface area contributed by atoms with Gasteiger partial charge in [-0.25, -0.2) is 9.78 Å². The van der Waals surface area contributed by atoms with Crippen LogP contribution >= 0.6 is 0 Å². The molecule has 0 radical (unpaired) electrons. The molecule has 0 saturated carbocycles. The van der Waals surface area contributed by atoms with Crippen LogP contribution in [0.3, 0.4) is 0 Å². The van der Waals surface area contributed by atoms with Gasteiger partial charge in [-0.05, 0) is 12.8 Å². The van der Waals surface area contributed by atoms with E-state index in [1.165, 1.54) is 13.2 Å². The van der Waals surface area contributed by atoms with Crippen molar-refractivity contribution in [2.75, 3.05) is 13.7 Å². The lowest BCUT2D eigenvalue weighted by Crippen LogP contribution is -2.13. The lowest BCUT2D eigenvalue weighted by molar-refractivity contribution is 0.0589. The molecule has 1 N–H and O–H groups in total. The number of carbonyl (C=O) groups excluding carboxylic acids is 1. The average molecular weight is 209 g/mol. The Morgan fingerprint density at radius 3 is 3.20 bits per heavy atom. The normalized spacial score (nSPS) is 13.9. The molecule has 0 bridgehead atoms. The third kappa shape index (κ3) is 1.72. The van der Waals surface area contributed by atoms with E-state index < -0.39 is 5.97 Å². The summed E-state index contributed by atoms with van der Waals surface area (Å²) in [5, 5.41) is 9.52. The summed E-state index contributed by atoms with van der Waals surface area (Å²) >= 11 is 0. The van der Waals surface area contributed by atoms with E-state index in [0.29, 0.717) is 18.1 Å². The Balaban J connectivity index is 2.44. The van der Waals surface area contributed by atoms with Gasteiger partial charge in [-0.1, -0.05) is 0 Å². The molecule has 1 aliphatic rings. The maximum absolute atomic E-state index is 11.2. The summed E-state index contributed by atoms with van der Waals surface area (Å²) in [5.41, 5.74) is 0.640. The fraction of sp³-hybridized carbons (Fsp3) is 0.400. The van der Waals surface area contributed by atoms with Crippen LogP contribution in [0.5, 0.6) is 11.5 Å². The number of pyridine rings is 1. The zero-order chi connectivity index (χ0) is 10.8. The van der Waals surface area contributed by atoms with E-state index in [9.17, 15) is 9.90 Å². The number of aromatic nitrogens is 1. The fourth-order valence-corrected chi connectivity index (χ4v) is 1.50. The molecule has 2 rings (SSSR count). The molecule has 1 aliphatic heterocycles. The molecule has 1 aromatic rings. The van der Waals surface area contributed by atoms with Gasteiger partial charge in [-0.2, -0.15) is 0 Å². The highest BCUT2D eigenvalue weighted by Gasteiger charge is 2.20. The van der Waals surface area contributed by atoms with Crippen molar-refractivity contribution in [2.24, 2.45) is 0 Å². The van der Waals surface area contributed by atoms with Crippen molar-refractivity contribution in [3.8, 4) is 11.5 Å². The second kappa shape index (κ2) is 3.76. The van der Waals surface area contributed by atoms with Crippen molar-refractivity contribution in [2.45, 2.75) is 12.8 Å². The third-order valence-electron chi connectivity index (χ3n) is 2.24. The molecule has 0 aliphatic carbocycles. The standard InChI is InChI=1S/C10H11NO4/c1-14-10(13)9-7(12)5-8-6(11-9)3-2-4-15-8/h5,12H,2-4H2,1H3. The molecule has 80 valence electrons. The van der Waals surface area contributed by atoms with Gasteiger partial charge in [-0.3, -0.25) is 0 Å². The summed E-state index contributed by atoms with van der Waals surface area (Å²) in [5.74, 6) is -0.297. The summed E-state index contributed by atoms with van der Waals surface area (Å²) in [6.07, 6.45) is 1.62. The van der Waals surface area contributed by atoms with Crippen LogP contribution < -0.4 is 4.74 Å². The number of aromatic hydroxyl groups is 1. The SMILES string of the molecule is COC(=O)c1nc2c(cc1O)OCCC2. The third-order valence-corrected chi connectivity index (χ3v) is 2.24. The smallest absolute Gasteiger partial charge is 0.360 e. The van der Waals surface area contributed by atoms with Crippen molar-refractivity contribution in [3.05, 3.63) is 17.5 Å². The maximum Gasteiger partial charge on any atom is 0.360 e. The number of esters is 1. The molecule has 0 saturated heterocycles. The highest BCUT2D eigenvalue weighted by molar-refractivity contribution is 5.90. The predicted octanol–water partition coefficient (Wildman–Crippen LogP) is 0.899. The monoisotopic (exact) mass is 209 g/mol. The summed E-state index contributed by atoms with van der Waals surface area (Å²) in [6.45, 7) is 0.617. The van der Waals surface area contributed by atoms with Crippen molar-refractivity contribution in [1.29, 1.82) is 0 Å². The molecule has 1 aromatic heterocycles. The number of carbonyl (C=O) groups is 1. The van der Waals surface area contributed by atoms with Gasteiger partial charge >= 0.3 is 5.97 Å². The van der Waals surface area contributed by atoms with Crippen molar-refractivity contribution >= 4 is 5.97 Å². The number of hydrogen-bond acceptors (Lipinski definition) is 5. The minimum Gasteiger partial charge on any atom is -0.505 e. The molecule has 0 unspecified atom stereocenters. The summed E-state index contributed by atoms with van der Waals surface area (Å²) < 4.78 is 9.80. The summed E-state index contributed by atoms with van der Waals surface area (Å²) in [6, 6.07) is 1.41. The van der Waals surface area contributed by atoms with E-state index in [1.54, 1.807) is 0 Å². The number of fused-ring (bicyclic) bond motifs is 1. The Hall–Kier alpha value is -1.78. The van der Waals surface area contributed by atoms with Crippen LogP contribution in [-0.2, 0) is 11.2 Å². The van der Waals surface area contributed by atoms with Gasteiger partial charge in [0, 0.05) is 6.07 Å². The van der Waals surface area contributed by atoms with Gasteiger partial charge in [0.2, 0.25) is 0 Å². The van der Waals surface area contributed by atoms with E-state index in [2.05, 4.69) is 9.72 Å². The predicted molar refractivity (Wildman–Crippen MR) is 51.1 cm³/mol. The van der Waals surface area contributed by atoms with Crippen molar-refractivity contribution in [3.63, 3.8) is 0 Å². The molecule has 5 nitrogen and oxygen atoms in total. The van der Waals surface area contributed by atoms with Gasteiger partial charge in [0.1, 0.15) is 5.75 Å². The van der Waals surface area contributed by atoms with Gasteiger partial charge in [0.25, 0.3) is 0 Å². The van der Waals surface area contributed by atoms with Crippen molar-refractivity contribution in [1.82, 2.24) is 4.98 Å². The van der Waals surface area contributed by atoms with Gasteiger partial charge in [-0.15, -0.1) is 0 Å². The van der Waals surface area contributed by atoms with Crippen LogP contribution in [0.1, 0.15) is 22.6 Å². The van der Waals surface area contributed by atoms with Gasteiger partial charge in [0.15, 0.2) is 11.4 Å². The molecule has 0 amide bonds. The minimum atomic E-state index is -0.638. The second-order valence-corrected chi connectivity index (χ2v) is 3.24. The first-order valence-electron chi connectivity index (χ1n) is 4.66. The Morgan fingerprint density at radius 1 is 1.67 bits per heavy atom. The highest BCUT2D eigenvalue weighted by atomic mass is 16.5. The van der Waals surface area contributed by atoms with Crippen LogP contribution in [0.15, 0.2) is 6.07 Å². The topological polar surface area (TPSA) is 68.7 Å². The number of hydrogen-bond donors (Lipinski definition) is 1. The first-order chi connectivity index (χ1) is 7.22. The van der Waals surface area contributed by atoms with Crippen LogP contribution in [-0.4, -0.2) is 29.8 Å². The van der Waals surface area contributed by atoms with Crippen LogP contribution in [0.25, 0.3) is 0 Å². The van der Waals surface area contributed by atoms with Gasteiger partial charge < -0.3 is 14.6 Å². The fourth-order valence-electron chi connectivity index (χ4n) is 1.50. The van der Waals surface area contributed by atoms with Crippen molar-refractivity contribution < 1.29 is 19.4 Å². The first-order valence-corrected chi connectivity index (χ1v) is 4.66. The zero-order valence-electron chi connectivity index (χ0n) is 8.32. The molecule has 0 atom stereocenters. The first kappa shape index (κ1) is 9.76. The second-order valence-electron chi connectivity index (χ2n) is 3.24. The van der Waals surface area contributed by atoms with Gasteiger partial charge in [0.05, 0.1) is 19.4 Å². The molecular weight excluding hydrogens is 198 g/mol.